The minimum Gasteiger partial charge on any atom is -0.496 e. The lowest BCUT2D eigenvalue weighted by atomic mass is 9.92. The molecule has 6 nitrogen and oxygen atoms in total. The van der Waals surface area contributed by atoms with E-state index in [1.165, 1.54) is 18.7 Å². The van der Waals surface area contributed by atoms with Gasteiger partial charge in [0.1, 0.15) is 22.7 Å². The minimum absolute atomic E-state index is 0.0781. The van der Waals surface area contributed by atoms with Crippen LogP contribution in [-0.2, 0) is 0 Å². The van der Waals surface area contributed by atoms with Crippen LogP contribution in [0.1, 0.15) is 53.9 Å². The predicted molar refractivity (Wildman–Crippen MR) is 120 cm³/mol. The van der Waals surface area contributed by atoms with E-state index in [0.29, 0.717) is 29.5 Å². The third kappa shape index (κ3) is 4.57. The summed E-state index contributed by atoms with van der Waals surface area (Å²) in [4.78, 5) is 17.4. The molecule has 0 amide bonds. The second kappa shape index (κ2) is 9.09. The van der Waals surface area contributed by atoms with Gasteiger partial charge < -0.3 is 14.8 Å². The van der Waals surface area contributed by atoms with Crippen molar-refractivity contribution in [3.63, 3.8) is 0 Å². The molecule has 1 N–H and O–H groups in total. The van der Waals surface area contributed by atoms with Crippen LogP contribution in [0.2, 0.25) is 0 Å². The van der Waals surface area contributed by atoms with E-state index in [1.54, 1.807) is 12.3 Å². The Labute approximate surface area is 190 Å². The van der Waals surface area contributed by atoms with Crippen LogP contribution < -0.4 is 14.8 Å². The number of ether oxygens (including phenoxy) is 2. The second-order valence-corrected chi connectivity index (χ2v) is 8.88. The molecular weight excluding hydrogens is 428 g/mol. The van der Waals surface area contributed by atoms with Gasteiger partial charge in [0.15, 0.2) is 5.78 Å². The van der Waals surface area contributed by atoms with E-state index in [9.17, 15) is 13.6 Å². The van der Waals surface area contributed by atoms with Crippen molar-refractivity contribution in [2.75, 3.05) is 20.2 Å². The van der Waals surface area contributed by atoms with Crippen LogP contribution in [0.3, 0.4) is 0 Å². The Balaban J connectivity index is 1.54. The molecule has 1 aliphatic heterocycles. The van der Waals surface area contributed by atoms with Gasteiger partial charge in [0, 0.05) is 24.7 Å². The first-order valence-electron chi connectivity index (χ1n) is 11.4. The number of hydrogen-bond donors (Lipinski definition) is 1. The number of carbonyl (C=O) groups excluding carboxylic acids is 1. The summed E-state index contributed by atoms with van der Waals surface area (Å²) in [5.74, 6) is 0.597. The zero-order chi connectivity index (χ0) is 22.9. The van der Waals surface area contributed by atoms with Crippen LogP contribution in [0, 0.1) is 5.92 Å². The smallest absolute Gasteiger partial charge is 0.387 e. The summed E-state index contributed by atoms with van der Waals surface area (Å²) in [6.07, 6.45) is 8.21. The van der Waals surface area contributed by atoms with E-state index in [2.05, 4.69) is 22.4 Å². The van der Waals surface area contributed by atoms with Gasteiger partial charge in [-0.15, -0.1) is 0 Å². The quantitative estimate of drug-likeness (QED) is 0.481. The van der Waals surface area contributed by atoms with E-state index >= 15 is 0 Å². The van der Waals surface area contributed by atoms with Crippen molar-refractivity contribution in [1.82, 2.24) is 14.7 Å². The molecule has 5 rings (SSSR count). The number of Topliss-reactive ketones (excluding diaryl/α,β-unsaturated/α-hetero) is 1. The lowest BCUT2D eigenvalue weighted by Crippen LogP contribution is -2.28. The van der Waals surface area contributed by atoms with Crippen molar-refractivity contribution >= 4 is 11.4 Å². The highest BCUT2D eigenvalue weighted by atomic mass is 19.3. The number of hydrogen-bond acceptors (Lipinski definition) is 5. The number of nitrogens with zero attached hydrogens (tertiary/aromatic N) is 2. The van der Waals surface area contributed by atoms with Gasteiger partial charge in [-0.1, -0.05) is 0 Å². The molecule has 2 fully saturated rings. The van der Waals surface area contributed by atoms with Gasteiger partial charge in [-0.2, -0.15) is 8.78 Å². The molecular formula is C25H27F2N3O3. The largest absolute Gasteiger partial charge is 0.496 e. The average Bonchev–Trinajstić information content (AvgIpc) is 3.53. The fourth-order valence-electron chi connectivity index (χ4n) is 4.65. The van der Waals surface area contributed by atoms with Crippen molar-refractivity contribution in [3.05, 3.63) is 47.8 Å². The van der Waals surface area contributed by atoms with Crippen LogP contribution in [0.25, 0.3) is 16.9 Å². The van der Waals surface area contributed by atoms with Crippen molar-refractivity contribution in [2.24, 2.45) is 5.92 Å². The molecule has 33 heavy (non-hydrogen) atoms. The van der Waals surface area contributed by atoms with Crippen LogP contribution in [0.15, 0.2) is 36.7 Å². The van der Waals surface area contributed by atoms with Crippen LogP contribution in [0.5, 0.6) is 11.5 Å². The molecule has 3 aromatic rings. The van der Waals surface area contributed by atoms with E-state index in [1.807, 2.05) is 10.6 Å². The van der Waals surface area contributed by atoms with E-state index in [-0.39, 0.29) is 22.8 Å². The maximum absolute atomic E-state index is 13.2. The fraction of sp³-hybridized carbons (Fsp3) is 0.440. The topological polar surface area (TPSA) is 64.9 Å². The molecule has 0 radical (unpaired) electrons. The Morgan fingerprint density at radius 3 is 2.76 bits per heavy atom. The number of pyridine rings is 1. The number of carbonyl (C=O) groups is 1. The molecule has 8 heteroatoms. The normalized spacial score (nSPS) is 18.6. The molecule has 174 valence electrons. The molecule has 0 spiro atoms. The van der Waals surface area contributed by atoms with Crippen LogP contribution >= 0.6 is 0 Å². The maximum Gasteiger partial charge on any atom is 0.387 e. The monoisotopic (exact) mass is 455 g/mol. The molecule has 0 bridgehead atoms. The number of imidazole rings is 1. The SMILES string of the molecule is COc1cc(-c2cnc3cc(C4CCCNC4)ccn23)cc(OC(F)F)c1C(=O)CC1CC1. The highest BCUT2D eigenvalue weighted by Crippen LogP contribution is 2.40. The lowest BCUT2D eigenvalue weighted by Gasteiger charge is -2.23. The number of rotatable bonds is 8. The Kier molecular flexibility index (Phi) is 6.01. The van der Waals surface area contributed by atoms with Gasteiger partial charge in [0.05, 0.1) is 19.0 Å². The van der Waals surface area contributed by atoms with E-state index < -0.39 is 6.61 Å². The number of aromatic nitrogens is 2. The number of benzene rings is 1. The van der Waals surface area contributed by atoms with Crippen molar-refractivity contribution in [1.29, 1.82) is 0 Å². The predicted octanol–water partition coefficient (Wildman–Crippen LogP) is 5.06. The Morgan fingerprint density at radius 2 is 2.06 bits per heavy atom. The summed E-state index contributed by atoms with van der Waals surface area (Å²) in [6, 6.07) is 7.33. The zero-order valence-corrected chi connectivity index (χ0v) is 18.5. The Morgan fingerprint density at radius 1 is 1.24 bits per heavy atom. The second-order valence-electron chi connectivity index (χ2n) is 8.88. The molecule has 1 aromatic carbocycles. The van der Waals surface area contributed by atoms with E-state index in [0.717, 1.165) is 44.4 Å². The fourth-order valence-corrected chi connectivity index (χ4v) is 4.65. The van der Waals surface area contributed by atoms with Crippen molar-refractivity contribution < 1.29 is 23.0 Å². The first-order valence-corrected chi connectivity index (χ1v) is 11.4. The summed E-state index contributed by atoms with van der Waals surface area (Å²) in [6.45, 7) is -1.05. The first kappa shape index (κ1) is 21.8. The van der Waals surface area contributed by atoms with Gasteiger partial charge in [0.25, 0.3) is 0 Å². The summed E-state index contributed by atoms with van der Waals surface area (Å²) in [5, 5.41) is 3.43. The minimum atomic E-state index is -3.05. The average molecular weight is 456 g/mol. The number of nitrogens with one attached hydrogen (secondary N) is 1. The lowest BCUT2D eigenvalue weighted by molar-refractivity contribution is -0.0502. The molecule has 2 aliphatic rings. The highest BCUT2D eigenvalue weighted by molar-refractivity contribution is 6.02. The van der Waals surface area contributed by atoms with Gasteiger partial charge >= 0.3 is 6.61 Å². The summed E-state index contributed by atoms with van der Waals surface area (Å²) < 4.78 is 38.6. The Hall–Kier alpha value is -3.00. The van der Waals surface area contributed by atoms with E-state index in [4.69, 9.17) is 9.47 Å². The molecule has 3 heterocycles. The number of fused-ring (bicyclic) bond motifs is 1. The molecule has 2 aromatic heterocycles. The summed E-state index contributed by atoms with van der Waals surface area (Å²) in [7, 11) is 1.43. The maximum atomic E-state index is 13.2. The van der Waals surface area contributed by atoms with Gasteiger partial charge in [0.2, 0.25) is 0 Å². The summed E-state index contributed by atoms with van der Waals surface area (Å²) in [5.41, 5.74) is 3.38. The van der Waals surface area contributed by atoms with Gasteiger partial charge in [-0.3, -0.25) is 9.20 Å². The molecule has 1 saturated heterocycles. The number of alkyl halides is 2. The van der Waals surface area contributed by atoms with Gasteiger partial charge in [-0.25, -0.2) is 4.98 Å². The van der Waals surface area contributed by atoms with Crippen molar-refractivity contribution in [3.8, 4) is 22.8 Å². The third-order valence-corrected chi connectivity index (χ3v) is 6.55. The van der Waals surface area contributed by atoms with Crippen LogP contribution in [0.4, 0.5) is 8.78 Å². The number of ketones is 1. The molecule has 1 unspecified atom stereocenters. The third-order valence-electron chi connectivity index (χ3n) is 6.55. The van der Waals surface area contributed by atoms with Gasteiger partial charge in [-0.05, 0) is 73.9 Å². The number of methoxy groups -OCH3 is 1. The Bertz CT molecular complexity index is 1170. The highest BCUT2D eigenvalue weighted by Gasteiger charge is 2.30. The molecule has 1 saturated carbocycles. The molecule has 1 atom stereocenters. The summed E-state index contributed by atoms with van der Waals surface area (Å²) >= 11 is 0. The number of piperidine rings is 1. The van der Waals surface area contributed by atoms with Crippen LogP contribution in [-0.4, -0.2) is 42.0 Å². The molecule has 1 aliphatic carbocycles. The first-order chi connectivity index (χ1) is 16.0. The standard InChI is InChI=1S/C25H27F2N3O3/c1-32-21-10-18(11-22(33-25(26)27)24(21)20(31)9-15-4-5-15)19-14-29-23-12-16(6-8-30(19)23)17-3-2-7-28-13-17/h6,8,10-12,14-15,17,25,28H,2-5,7,9,13H2,1H3. The number of halogens is 2. The zero-order valence-electron chi connectivity index (χ0n) is 18.5. The van der Waals surface area contributed by atoms with Crippen molar-refractivity contribution in [2.45, 2.75) is 44.6 Å².